The summed E-state index contributed by atoms with van der Waals surface area (Å²) >= 11 is 0. The first-order chi connectivity index (χ1) is 33.5. The van der Waals surface area contributed by atoms with Crippen LogP contribution in [0.25, 0.3) is 0 Å². The van der Waals surface area contributed by atoms with E-state index in [0.717, 1.165) is 38.5 Å². The van der Waals surface area contributed by atoms with Crippen LogP contribution in [0.5, 0.6) is 0 Å². The standard InChI is InChI=1S/C63H121NO4/c1-3-5-7-9-11-13-15-17-19-21-23-25-27-29-30-31-32-33-34-36-38-40-42-44-46-48-50-52-54-56-60(66)58-63(68)64-61(59-65)62(67)57-55-53-51-49-47-45-43-41-39-37-35-28-26-24-22-20-18-16-14-12-10-8-6-4-2/h39,41,47,49,55,57,60-62,65-67H,3-38,40,42-46,48,50-54,56,58-59H2,1-2H3,(H,64,68)/b41-39+,49-47+,57-55+. The number of carbonyl (C=O) groups excluding carboxylic acids is 1. The topological polar surface area (TPSA) is 89.8 Å². The first-order valence-corrected chi connectivity index (χ1v) is 30.8. The summed E-state index contributed by atoms with van der Waals surface area (Å²) in [5.41, 5.74) is 0. The van der Waals surface area contributed by atoms with Gasteiger partial charge in [0.2, 0.25) is 5.91 Å². The largest absolute Gasteiger partial charge is 0.394 e. The van der Waals surface area contributed by atoms with E-state index in [-0.39, 0.29) is 18.9 Å². The van der Waals surface area contributed by atoms with Crippen LogP contribution in [0.3, 0.4) is 0 Å². The molecule has 0 aromatic rings. The minimum Gasteiger partial charge on any atom is -0.394 e. The summed E-state index contributed by atoms with van der Waals surface area (Å²) in [6.45, 7) is 4.24. The van der Waals surface area contributed by atoms with Crippen LogP contribution >= 0.6 is 0 Å². The van der Waals surface area contributed by atoms with Crippen molar-refractivity contribution >= 4 is 5.91 Å². The Morgan fingerprint density at radius 1 is 0.368 bits per heavy atom. The quantitative estimate of drug-likeness (QED) is 0.0361. The Balaban J connectivity index is 3.56. The SMILES string of the molecule is CCCCCCCCCCCCCCCC/C=C/CC/C=C/CC/C=C/C(O)C(CO)NC(=O)CC(O)CCCCCCCCCCCCCCCCCCCCCCCCCCCCCCC. The van der Waals surface area contributed by atoms with Crippen LogP contribution in [0.15, 0.2) is 36.5 Å². The van der Waals surface area contributed by atoms with Gasteiger partial charge in [-0.2, -0.15) is 0 Å². The molecule has 0 aliphatic rings. The number of aliphatic hydroxyl groups excluding tert-OH is 3. The van der Waals surface area contributed by atoms with Gasteiger partial charge in [-0.05, 0) is 44.9 Å². The molecule has 5 nitrogen and oxygen atoms in total. The molecule has 0 aliphatic carbocycles. The molecule has 0 saturated carbocycles. The molecule has 0 spiro atoms. The summed E-state index contributed by atoms with van der Waals surface area (Å²) in [6, 6.07) is -0.767. The van der Waals surface area contributed by atoms with E-state index in [1.165, 1.54) is 270 Å². The fourth-order valence-corrected chi connectivity index (χ4v) is 9.73. The van der Waals surface area contributed by atoms with Gasteiger partial charge in [0.05, 0.1) is 31.3 Å². The van der Waals surface area contributed by atoms with Crippen LogP contribution in [-0.4, -0.2) is 46.1 Å². The van der Waals surface area contributed by atoms with Crippen molar-refractivity contribution in [3.05, 3.63) is 36.5 Å². The summed E-state index contributed by atoms with van der Waals surface area (Å²) in [5, 5.41) is 33.5. The van der Waals surface area contributed by atoms with Crippen molar-refractivity contribution in [1.82, 2.24) is 5.32 Å². The van der Waals surface area contributed by atoms with Crippen LogP contribution in [0.4, 0.5) is 0 Å². The molecular formula is C63H121NO4. The third-order valence-corrected chi connectivity index (χ3v) is 14.4. The first kappa shape index (κ1) is 66.6. The third-order valence-electron chi connectivity index (χ3n) is 14.4. The number of unbranched alkanes of at least 4 members (excludes halogenated alkanes) is 44. The lowest BCUT2D eigenvalue weighted by atomic mass is 10.0. The Morgan fingerprint density at radius 3 is 0.941 bits per heavy atom. The molecule has 0 saturated heterocycles. The maximum Gasteiger partial charge on any atom is 0.222 e. The van der Waals surface area contributed by atoms with E-state index >= 15 is 0 Å². The molecule has 3 atom stereocenters. The molecule has 0 bridgehead atoms. The minimum absolute atomic E-state index is 0.00588. The van der Waals surface area contributed by atoms with Crippen LogP contribution in [0, 0.1) is 0 Å². The molecule has 1 amide bonds. The zero-order valence-electron chi connectivity index (χ0n) is 46.0. The third kappa shape index (κ3) is 53.9. The highest BCUT2D eigenvalue weighted by atomic mass is 16.3. The molecule has 0 fully saturated rings. The molecule has 4 N–H and O–H groups in total. The molecule has 68 heavy (non-hydrogen) atoms. The second-order valence-corrected chi connectivity index (χ2v) is 21.3. The Kier molecular flexibility index (Phi) is 56.9. The fraction of sp³-hybridized carbons (Fsp3) is 0.889. The molecule has 5 heteroatoms. The van der Waals surface area contributed by atoms with Crippen LogP contribution in [0.2, 0.25) is 0 Å². The molecule has 0 aliphatic heterocycles. The molecule has 402 valence electrons. The lowest BCUT2D eigenvalue weighted by Gasteiger charge is -2.21. The van der Waals surface area contributed by atoms with E-state index in [0.29, 0.717) is 6.42 Å². The predicted molar refractivity (Wildman–Crippen MR) is 301 cm³/mol. The van der Waals surface area contributed by atoms with Crippen molar-refractivity contribution < 1.29 is 20.1 Å². The van der Waals surface area contributed by atoms with Gasteiger partial charge < -0.3 is 20.6 Å². The predicted octanol–water partition coefficient (Wildman–Crippen LogP) is 19.4. The normalized spacial score (nSPS) is 13.4. The summed E-state index contributed by atoms with van der Waals surface area (Å²) in [6.07, 6.45) is 76.5. The molecule has 0 heterocycles. The molecule has 0 aromatic carbocycles. The zero-order chi connectivity index (χ0) is 49.3. The number of carbonyl (C=O) groups is 1. The second-order valence-electron chi connectivity index (χ2n) is 21.3. The summed E-state index contributed by atoms with van der Waals surface area (Å²) in [7, 11) is 0. The monoisotopic (exact) mass is 956 g/mol. The van der Waals surface area contributed by atoms with E-state index in [4.69, 9.17) is 0 Å². The highest BCUT2D eigenvalue weighted by Crippen LogP contribution is 2.18. The molecule has 0 radical (unpaired) electrons. The van der Waals surface area contributed by atoms with Crippen LogP contribution < -0.4 is 5.32 Å². The van der Waals surface area contributed by atoms with Crippen molar-refractivity contribution in [3.8, 4) is 0 Å². The van der Waals surface area contributed by atoms with Gasteiger partial charge in [-0.3, -0.25) is 4.79 Å². The molecule has 3 unspecified atom stereocenters. The maximum absolute atomic E-state index is 12.5. The van der Waals surface area contributed by atoms with E-state index in [9.17, 15) is 20.1 Å². The van der Waals surface area contributed by atoms with Crippen molar-refractivity contribution in [2.45, 2.75) is 353 Å². The van der Waals surface area contributed by atoms with Gasteiger partial charge >= 0.3 is 0 Å². The van der Waals surface area contributed by atoms with Crippen LogP contribution in [-0.2, 0) is 4.79 Å². The van der Waals surface area contributed by atoms with E-state index in [2.05, 4.69) is 43.5 Å². The van der Waals surface area contributed by atoms with Crippen molar-refractivity contribution in [2.24, 2.45) is 0 Å². The van der Waals surface area contributed by atoms with E-state index in [1.54, 1.807) is 6.08 Å². The number of allylic oxidation sites excluding steroid dienone is 5. The number of aliphatic hydroxyl groups is 3. The van der Waals surface area contributed by atoms with Crippen molar-refractivity contribution in [3.63, 3.8) is 0 Å². The fourth-order valence-electron chi connectivity index (χ4n) is 9.73. The maximum atomic E-state index is 12.5. The Bertz CT molecular complexity index is 1060. The Labute approximate surface area is 425 Å². The minimum atomic E-state index is -0.960. The van der Waals surface area contributed by atoms with Gasteiger partial charge in [0.1, 0.15) is 0 Å². The summed E-state index contributed by atoms with van der Waals surface area (Å²) < 4.78 is 0. The first-order valence-electron chi connectivity index (χ1n) is 30.8. The highest BCUT2D eigenvalue weighted by Gasteiger charge is 2.20. The van der Waals surface area contributed by atoms with Crippen molar-refractivity contribution in [1.29, 1.82) is 0 Å². The van der Waals surface area contributed by atoms with Gasteiger partial charge in [0.25, 0.3) is 0 Å². The molecular weight excluding hydrogens is 835 g/mol. The number of rotatable bonds is 57. The van der Waals surface area contributed by atoms with E-state index in [1.807, 2.05) is 6.08 Å². The smallest absolute Gasteiger partial charge is 0.222 e. The number of hydrogen-bond acceptors (Lipinski definition) is 4. The second kappa shape index (κ2) is 58.1. The lowest BCUT2D eigenvalue weighted by molar-refractivity contribution is -0.124. The van der Waals surface area contributed by atoms with Gasteiger partial charge in [-0.15, -0.1) is 0 Å². The summed E-state index contributed by atoms with van der Waals surface area (Å²) in [4.78, 5) is 12.5. The highest BCUT2D eigenvalue weighted by molar-refractivity contribution is 5.76. The Hall–Kier alpha value is -1.43. The number of hydrogen-bond donors (Lipinski definition) is 4. The molecule has 0 aromatic heterocycles. The van der Waals surface area contributed by atoms with Gasteiger partial charge in [0.15, 0.2) is 0 Å². The van der Waals surface area contributed by atoms with Gasteiger partial charge in [0, 0.05) is 0 Å². The van der Waals surface area contributed by atoms with E-state index < -0.39 is 18.2 Å². The van der Waals surface area contributed by atoms with Crippen LogP contribution in [0.1, 0.15) is 335 Å². The Morgan fingerprint density at radius 2 is 0.632 bits per heavy atom. The number of nitrogens with one attached hydrogen (secondary N) is 1. The molecule has 0 rings (SSSR count). The average molecular weight is 957 g/mol. The van der Waals surface area contributed by atoms with Gasteiger partial charge in [-0.25, -0.2) is 0 Å². The zero-order valence-corrected chi connectivity index (χ0v) is 46.0. The average Bonchev–Trinajstić information content (AvgIpc) is 3.33. The summed E-state index contributed by atoms with van der Waals surface area (Å²) in [5.74, 6) is -0.323. The van der Waals surface area contributed by atoms with Crippen molar-refractivity contribution in [2.75, 3.05) is 6.61 Å². The number of amides is 1. The van der Waals surface area contributed by atoms with Gasteiger partial charge in [-0.1, -0.05) is 320 Å². The lowest BCUT2D eigenvalue weighted by Crippen LogP contribution is -2.45.